The molecular weight excluding hydrogens is 234 g/mol. The second-order valence-electron chi connectivity index (χ2n) is 5.14. The fourth-order valence-corrected chi connectivity index (χ4v) is 5.51. The van der Waals surface area contributed by atoms with Crippen LogP contribution in [0.3, 0.4) is 0 Å². The van der Waals surface area contributed by atoms with E-state index in [1.165, 1.54) is 19.3 Å². The van der Waals surface area contributed by atoms with E-state index in [0.29, 0.717) is 11.8 Å². The summed E-state index contributed by atoms with van der Waals surface area (Å²) in [5.74, 6) is 3.18. The molecule has 0 amide bonds. The summed E-state index contributed by atoms with van der Waals surface area (Å²) in [6.07, 6.45) is 3.99. The highest BCUT2D eigenvalue weighted by Crippen LogP contribution is 2.65. The minimum atomic E-state index is -3.11. The number of hydrogen-bond donors (Lipinski definition) is 1. The van der Waals surface area contributed by atoms with E-state index < -0.39 is 10.0 Å². The maximum absolute atomic E-state index is 11.6. The molecule has 3 saturated carbocycles. The molecule has 3 rings (SSSR count). The van der Waals surface area contributed by atoms with Gasteiger partial charge in [-0.05, 0) is 42.9 Å². The lowest BCUT2D eigenvalue weighted by Crippen LogP contribution is -2.32. The number of hydrogen-bond acceptors (Lipinski definition) is 2. The van der Waals surface area contributed by atoms with Crippen LogP contribution in [0.5, 0.6) is 0 Å². The van der Waals surface area contributed by atoms with Gasteiger partial charge in [-0.15, -0.1) is 11.6 Å². The Bertz CT molecular complexity index is 354. The maximum Gasteiger partial charge on any atom is 0.213 e. The van der Waals surface area contributed by atoms with Crippen LogP contribution in [0.2, 0.25) is 0 Å². The summed E-state index contributed by atoms with van der Waals surface area (Å²) < 4.78 is 25.9. The summed E-state index contributed by atoms with van der Waals surface area (Å²) in [6, 6.07) is 0.254. The molecule has 0 spiro atoms. The second kappa shape index (κ2) is 3.34. The molecule has 86 valence electrons. The molecule has 3 aliphatic rings. The molecule has 0 aromatic heterocycles. The van der Waals surface area contributed by atoms with Gasteiger partial charge in [0.15, 0.2) is 0 Å². The van der Waals surface area contributed by atoms with Gasteiger partial charge < -0.3 is 0 Å². The van der Waals surface area contributed by atoms with E-state index in [1.807, 2.05) is 0 Å². The fraction of sp³-hybridized carbons (Fsp3) is 1.00. The minimum absolute atomic E-state index is 0.0554. The monoisotopic (exact) mass is 249 g/mol. The normalized spacial score (nSPS) is 46.9. The van der Waals surface area contributed by atoms with Crippen molar-refractivity contribution in [1.29, 1.82) is 0 Å². The van der Waals surface area contributed by atoms with E-state index in [2.05, 4.69) is 4.72 Å². The van der Waals surface area contributed by atoms with Crippen LogP contribution in [-0.4, -0.2) is 26.1 Å². The van der Waals surface area contributed by atoms with Crippen LogP contribution in [0.15, 0.2) is 0 Å². The van der Waals surface area contributed by atoms with Crippen molar-refractivity contribution in [2.45, 2.75) is 25.3 Å². The molecule has 2 bridgehead atoms. The first-order valence-electron chi connectivity index (χ1n) is 5.68. The molecule has 4 atom stereocenters. The number of nitrogens with one attached hydrogen (secondary N) is 1. The topological polar surface area (TPSA) is 46.2 Å². The highest BCUT2D eigenvalue weighted by molar-refractivity contribution is 7.89. The van der Waals surface area contributed by atoms with Gasteiger partial charge in [-0.2, -0.15) is 0 Å². The molecule has 0 radical (unpaired) electrons. The van der Waals surface area contributed by atoms with Crippen LogP contribution in [-0.2, 0) is 10.0 Å². The van der Waals surface area contributed by atoms with Gasteiger partial charge in [-0.1, -0.05) is 0 Å². The van der Waals surface area contributed by atoms with Crippen LogP contribution in [0, 0.1) is 23.7 Å². The number of fused-ring (bicyclic) bond motifs is 5. The summed E-state index contributed by atoms with van der Waals surface area (Å²) in [5, 5.41) is 0. The number of alkyl halides is 1. The average Bonchev–Trinajstić information content (AvgIpc) is 2.60. The minimum Gasteiger partial charge on any atom is -0.212 e. The van der Waals surface area contributed by atoms with Gasteiger partial charge in [-0.3, -0.25) is 0 Å². The van der Waals surface area contributed by atoms with Crippen LogP contribution in [0.25, 0.3) is 0 Å². The molecule has 3 aliphatic carbocycles. The summed E-state index contributed by atoms with van der Waals surface area (Å²) >= 11 is 5.46. The molecule has 0 aromatic carbocycles. The Balaban J connectivity index is 1.64. The first-order valence-corrected chi connectivity index (χ1v) is 7.87. The highest BCUT2D eigenvalue weighted by Gasteiger charge is 2.65. The molecule has 0 aromatic rings. The van der Waals surface area contributed by atoms with Crippen molar-refractivity contribution in [1.82, 2.24) is 4.72 Å². The second-order valence-corrected chi connectivity index (χ2v) is 7.39. The number of halogens is 1. The van der Waals surface area contributed by atoms with E-state index in [0.717, 1.165) is 11.8 Å². The van der Waals surface area contributed by atoms with Gasteiger partial charge in [0, 0.05) is 11.9 Å². The van der Waals surface area contributed by atoms with Gasteiger partial charge in [-0.25, -0.2) is 13.1 Å². The lowest BCUT2D eigenvalue weighted by Gasteiger charge is -2.10. The smallest absolute Gasteiger partial charge is 0.212 e. The summed E-state index contributed by atoms with van der Waals surface area (Å²) in [6.45, 7) is 0. The molecule has 3 fully saturated rings. The zero-order valence-electron chi connectivity index (χ0n) is 8.52. The molecule has 3 nitrogen and oxygen atoms in total. The Hall–Kier alpha value is 0.200. The van der Waals surface area contributed by atoms with Crippen molar-refractivity contribution < 1.29 is 8.42 Å². The standard InChI is InChI=1S/C10H16ClNO2S/c11-3-4-15(13,14)12-10-8-6-1-2-7(5-6)9(8)10/h6-10,12H,1-5H2. The van der Waals surface area contributed by atoms with E-state index in [9.17, 15) is 8.42 Å². The molecule has 4 unspecified atom stereocenters. The molecule has 0 saturated heterocycles. The van der Waals surface area contributed by atoms with Crippen molar-refractivity contribution in [2.24, 2.45) is 23.7 Å². The van der Waals surface area contributed by atoms with Crippen LogP contribution < -0.4 is 4.72 Å². The Morgan fingerprint density at radius 2 is 1.80 bits per heavy atom. The quantitative estimate of drug-likeness (QED) is 0.761. The predicted octanol–water partition coefficient (Wildman–Crippen LogP) is 1.19. The van der Waals surface area contributed by atoms with Crippen LogP contribution in [0.4, 0.5) is 0 Å². The van der Waals surface area contributed by atoms with E-state index in [4.69, 9.17) is 11.6 Å². The molecule has 1 N–H and O–H groups in total. The van der Waals surface area contributed by atoms with Crippen molar-refractivity contribution in [3.05, 3.63) is 0 Å². The molecule has 0 heterocycles. The van der Waals surface area contributed by atoms with Crippen LogP contribution >= 0.6 is 11.6 Å². The maximum atomic E-state index is 11.6. The van der Waals surface area contributed by atoms with Gasteiger partial charge in [0.05, 0.1) is 5.75 Å². The first-order chi connectivity index (χ1) is 7.12. The van der Waals surface area contributed by atoms with E-state index in [1.54, 1.807) is 0 Å². The molecule has 0 aliphatic heterocycles. The van der Waals surface area contributed by atoms with Gasteiger partial charge >= 0.3 is 0 Å². The molecule has 15 heavy (non-hydrogen) atoms. The summed E-state index contributed by atoms with van der Waals surface area (Å²) in [5.41, 5.74) is 0. The Morgan fingerprint density at radius 3 is 2.33 bits per heavy atom. The summed E-state index contributed by atoms with van der Waals surface area (Å²) in [4.78, 5) is 0. The Labute approximate surface area is 95.6 Å². The van der Waals surface area contributed by atoms with Gasteiger partial charge in [0.1, 0.15) is 0 Å². The van der Waals surface area contributed by atoms with E-state index in [-0.39, 0.29) is 17.7 Å². The van der Waals surface area contributed by atoms with E-state index >= 15 is 0 Å². The SMILES string of the molecule is O=S(=O)(CCCl)NC1C2C3CCC(C3)C12. The number of rotatable bonds is 4. The highest BCUT2D eigenvalue weighted by atomic mass is 35.5. The Kier molecular flexibility index (Phi) is 2.31. The third kappa shape index (κ3) is 1.61. The van der Waals surface area contributed by atoms with Crippen molar-refractivity contribution >= 4 is 21.6 Å². The fourth-order valence-electron chi connectivity index (χ4n) is 3.85. The largest absolute Gasteiger partial charge is 0.213 e. The van der Waals surface area contributed by atoms with Gasteiger partial charge in [0.25, 0.3) is 0 Å². The van der Waals surface area contributed by atoms with Crippen molar-refractivity contribution in [2.75, 3.05) is 11.6 Å². The zero-order valence-corrected chi connectivity index (χ0v) is 10.1. The van der Waals surface area contributed by atoms with Crippen molar-refractivity contribution in [3.8, 4) is 0 Å². The Morgan fingerprint density at radius 1 is 1.20 bits per heavy atom. The average molecular weight is 250 g/mol. The van der Waals surface area contributed by atoms with Gasteiger partial charge in [0.2, 0.25) is 10.0 Å². The predicted molar refractivity (Wildman–Crippen MR) is 59.2 cm³/mol. The number of sulfonamides is 1. The lowest BCUT2D eigenvalue weighted by molar-refractivity contribution is 0.456. The summed E-state index contributed by atoms with van der Waals surface area (Å²) in [7, 11) is -3.11. The zero-order chi connectivity index (χ0) is 10.6. The molecular formula is C10H16ClNO2S. The lowest BCUT2D eigenvalue weighted by atomic mass is 10.0. The van der Waals surface area contributed by atoms with Crippen LogP contribution in [0.1, 0.15) is 19.3 Å². The third-order valence-electron chi connectivity index (χ3n) is 4.40. The third-order valence-corrected chi connectivity index (χ3v) is 6.18. The molecule has 5 heteroatoms. The van der Waals surface area contributed by atoms with Crippen molar-refractivity contribution in [3.63, 3.8) is 0 Å². The first kappa shape index (κ1) is 10.4.